The second-order valence-electron chi connectivity index (χ2n) is 6.08. The van der Waals surface area contributed by atoms with E-state index in [2.05, 4.69) is 30.5 Å². The first-order valence-electron chi connectivity index (χ1n) is 7.96. The summed E-state index contributed by atoms with van der Waals surface area (Å²) in [6.07, 6.45) is 3.87. The molecule has 4 heteroatoms. The van der Waals surface area contributed by atoms with Crippen molar-refractivity contribution in [2.45, 2.75) is 45.6 Å². The molecule has 0 bridgehead atoms. The summed E-state index contributed by atoms with van der Waals surface area (Å²) < 4.78 is 7.94. The summed E-state index contributed by atoms with van der Waals surface area (Å²) in [5, 5.41) is 0. The first-order chi connectivity index (χ1) is 10.2. The Morgan fingerprint density at radius 1 is 1.24 bits per heavy atom. The van der Waals surface area contributed by atoms with Gasteiger partial charge < -0.3 is 15.0 Å². The van der Waals surface area contributed by atoms with Gasteiger partial charge in [0.2, 0.25) is 0 Å². The largest absolute Gasteiger partial charge is 0.378 e. The third kappa shape index (κ3) is 2.83. The van der Waals surface area contributed by atoms with E-state index in [1.165, 1.54) is 41.7 Å². The number of ether oxygens (including phenoxy) is 1. The standard InChI is InChI=1S/C17H25N3O/c1-12-10-15-16(11-13(12)2)20(7-9-21-8-6-18)17(19-15)14-4-3-5-14/h10-11,14H,3-9,18H2,1-2H3. The molecular weight excluding hydrogens is 262 g/mol. The van der Waals surface area contributed by atoms with E-state index in [-0.39, 0.29) is 0 Å². The van der Waals surface area contributed by atoms with Crippen LogP contribution in [0.3, 0.4) is 0 Å². The molecule has 1 aromatic carbocycles. The zero-order valence-corrected chi connectivity index (χ0v) is 13.1. The molecule has 3 rings (SSSR count). The maximum absolute atomic E-state index is 5.57. The lowest BCUT2D eigenvalue weighted by Gasteiger charge is -2.25. The SMILES string of the molecule is Cc1cc2nc(C3CCC3)n(CCOCCN)c2cc1C. The molecule has 21 heavy (non-hydrogen) atoms. The van der Waals surface area contributed by atoms with E-state index >= 15 is 0 Å². The van der Waals surface area contributed by atoms with Gasteiger partial charge in [0.1, 0.15) is 5.82 Å². The Bertz CT molecular complexity index is 628. The number of benzene rings is 1. The minimum atomic E-state index is 0.582. The van der Waals surface area contributed by atoms with Crippen molar-refractivity contribution in [2.75, 3.05) is 19.8 Å². The molecule has 1 fully saturated rings. The number of nitrogens with two attached hydrogens (primary N) is 1. The summed E-state index contributed by atoms with van der Waals surface area (Å²) in [5.74, 6) is 1.88. The van der Waals surface area contributed by atoms with Crippen LogP contribution in [0, 0.1) is 13.8 Å². The number of aryl methyl sites for hydroxylation is 2. The molecule has 0 aliphatic heterocycles. The molecule has 114 valence electrons. The molecule has 1 aliphatic rings. The summed E-state index contributed by atoms with van der Waals surface area (Å²) in [7, 11) is 0. The predicted molar refractivity (Wildman–Crippen MR) is 85.7 cm³/mol. The van der Waals surface area contributed by atoms with Gasteiger partial charge in [-0.1, -0.05) is 6.42 Å². The van der Waals surface area contributed by atoms with E-state index in [4.69, 9.17) is 15.5 Å². The van der Waals surface area contributed by atoms with Gasteiger partial charge >= 0.3 is 0 Å². The van der Waals surface area contributed by atoms with E-state index in [1.807, 2.05) is 0 Å². The van der Waals surface area contributed by atoms with Crippen LogP contribution in [0.4, 0.5) is 0 Å². The van der Waals surface area contributed by atoms with Crippen molar-refractivity contribution < 1.29 is 4.74 Å². The zero-order valence-electron chi connectivity index (χ0n) is 13.1. The highest BCUT2D eigenvalue weighted by atomic mass is 16.5. The number of hydrogen-bond donors (Lipinski definition) is 1. The number of fused-ring (bicyclic) bond motifs is 1. The van der Waals surface area contributed by atoms with Crippen LogP contribution in [0.1, 0.15) is 42.1 Å². The number of hydrogen-bond acceptors (Lipinski definition) is 3. The maximum atomic E-state index is 5.57. The molecule has 1 heterocycles. The van der Waals surface area contributed by atoms with Crippen LogP contribution in [-0.4, -0.2) is 29.3 Å². The average Bonchev–Trinajstić information content (AvgIpc) is 2.71. The first-order valence-corrected chi connectivity index (χ1v) is 7.96. The van der Waals surface area contributed by atoms with Gasteiger partial charge in [-0.05, 0) is 49.9 Å². The van der Waals surface area contributed by atoms with Crippen LogP contribution in [0.25, 0.3) is 11.0 Å². The quantitative estimate of drug-likeness (QED) is 0.831. The van der Waals surface area contributed by atoms with Crippen LogP contribution in [0.5, 0.6) is 0 Å². The zero-order chi connectivity index (χ0) is 14.8. The molecule has 2 N–H and O–H groups in total. The molecule has 1 aromatic heterocycles. The minimum absolute atomic E-state index is 0.582. The molecule has 0 unspecified atom stereocenters. The molecule has 0 amide bonds. The number of aromatic nitrogens is 2. The fraction of sp³-hybridized carbons (Fsp3) is 0.588. The minimum Gasteiger partial charge on any atom is -0.378 e. The Morgan fingerprint density at radius 2 is 2.00 bits per heavy atom. The monoisotopic (exact) mass is 287 g/mol. The molecule has 0 spiro atoms. The lowest BCUT2D eigenvalue weighted by molar-refractivity contribution is 0.132. The van der Waals surface area contributed by atoms with Gasteiger partial charge in [0.05, 0.1) is 24.2 Å². The molecule has 4 nitrogen and oxygen atoms in total. The topological polar surface area (TPSA) is 53.1 Å². The fourth-order valence-electron chi connectivity index (χ4n) is 2.95. The highest BCUT2D eigenvalue weighted by Crippen LogP contribution is 2.37. The van der Waals surface area contributed by atoms with Crippen molar-refractivity contribution in [3.05, 3.63) is 29.1 Å². The van der Waals surface area contributed by atoms with E-state index in [0.29, 0.717) is 25.7 Å². The van der Waals surface area contributed by atoms with E-state index < -0.39 is 0 Å². The van der Waals surface area contributed by atoms with E-state index in [1.54, 1.807) is 0 Å². The summed E-state index contributed by atoms with van der Waals surface area (Å²) in [5.41, 5.74) is 10.5. The van der Waals surface area contributed by atoms with Crippen LogP contribution < -0.4 is 5.73 Å². The Kier molecular flexibility index (Phi) is 4.27. The Labute approximate surface area is 126 Å². The summed E-state index contributed by atoms with van der Waals surface area (Å²) in [6, 6.07) is 4.48. The lowest BCUT2D eigenvalue weighted by Crippen LogP contribution is -2.18. The van der Waals surface area contributed by atoms with Gasteiger partial charge in [-0.2, -0.15) is 0 Å². The average molecular weight is 287 g/mol. The maximum Gasteiger partial charge on any atom is 0.113 e. The number of nitrogens with zero attached hydrogens (tertiary/aromatic N) is 2. The first kappa shape index (κ1) is 14.5. The second-order valence-corrected chi connectivity index (χ2v) is 6.08. The van der Waals surface area contributed by atoms with Gasteiger partial charge in [-0.15, -0.1) is 0 Å². The number of rotatable bonds is 6. The fourth-order valence-corrected chi connectivity index (χ4v) is 2.95. The van der Waals surface area contributed by atoms with Crippen molar-refractivity contribution in [3.63, 3.8) is 0 Å². The molecule has 1 saturated carbocycles. The lowest BCUT2D eigenvalue weighted by atomic mass is 9.85. The Morgan fingerprint density at radius 3 is 2.67 bits per heavy atom. The highest BCUT2D eigenvalue weighted by Gasteiger charge is 2.25. The van der Waals surface area contributed by atoms with Gasteiger partial charge in [-0.3, -0.25) is 0 Å². The van der Waals surface area contributed by atoms with Gasteiger partial charge in [-0.25, -0.2) is 4.98 Å². The summed E-state index contributed by atoms with van der Waals surface area (Å²) in [4.78, 5) is 4.92. The third-order valence-electron chi connectivity index (χ3n) is 4.58. The van der Waals surface area contributed by atoms with E-state index in [0.717, 1.165) is 12.1 Å². The van der Waals surface area contributed by atoms with E-state index in [9.17, 15) is 0 Å². The van der Waals surface area contributed by atoms with Crippen molar-refractivity contribution in [1.82, 2.24) is 9.55 Å². The Hall–Kier alpha value is -1.39. The molecule has 0 radical (unpaired) electrons. The highest BCUT2D eigenvalue weighted by molar-refractivity contribution is 5.78. The van der Waals surface area contributed by atoms with Gasteiger partial charge in [0, 0.05) is 19.0 Å². The van der Waals surface area contributed by atoms with Crippen LogP contribution >= 0.6 is 0 Å². The molecule has 0 saturated heterocycles. The summed E-state index contributed by atoms with van der Waals surface area (Å²) >= 11 is 0. The van der Waals surface area contributed by atoms with Crippen molar-refractivity contribution in [3.8, 4) is 0 Å². The normalized spacial score (nSPS) is 15.6. The molecule has 2 aromatic rings. The van der Waals surface area contributed by atoms with Gasteiger partial charge in [0.25, 0.3) is 0 Å². The van der Waals surface area contributed by atoms with Crippen LogP contribution in [0.2, 0.25) is 0 Å². The molecule has 0 atom stereocenters. The second kappa shape index (κ2) is 6.16. The Balaban J connectivity index is 1.94. The van der Waals surface area contributed by atoms with Crippen molar-refractivity contribution in [2.24, 2.45) is 5.73 Å². The van der Waals surface area contributed by atoms with Gasteiger partial charge in [0.15, 0.2) is 0 Å². The smallest absolute Gasteiger partial charge is 0.113 e. The third-order valence-corrected chi connectivity index (χ3v) is 4.58. The number of imidazole rings is 1. The van der Waals surface area contributed by atoms with Crippen LogP contribution in [0.15, 0.2) is 12.1 Å². The van der Waals surface area contributed by atoms with Crippen molar-refractivity contribution >= 4 is 11.0 Å². The van der Waals surface area contributed by atoms with Crippen LogP contribution in [-0.2, 0) is 11.3 Å². The summed E-state index contributed by atoms with van der Waals surface area (Å²) in [6.45, 7) is 7.10. The molecular formula is C17H25N3O. The predicted octanol–water partition coefficient (Wildman–Crippen LogP) is 2.90. The van der Waals surface area contributed by atoms with Crippen molar-refractivity contribution in [1.29, 1.82) is 0 Å². The molecule has 1 aliphatic carbocycles.